The monoisotopic (exact) mass is 604 g/mol. The van der Waals surface area contributed by atoms with Gasteiger partial charge in [0.2, 0.25) is 0 Å². The summed E-state index contributed by atoms with van der Waals surface area (Å²) in [7, 11) is -4.74. The molecule has 0 aliphatic rings. The lowest BCUT2D eigenvalue weighted by Crippen LogP contribution is -2.29. The SMILES string of the molecule is CCCCCCCCCCC/C=C/CCCCC(=O)O[C@H](COC(=O)CCCCCCCCCC)COP(=O)(O)O. The third kappa shape index (κ3) is 31.6. The Balaban J connectivity index is 4.02. The minimum absolute atomic E-state index is 0.185. The molecule has 9 heteroatoms. The maximum atomic E-state index is 12.3. The summed E-state index contributed by atoms with van der Waals surface area (Å²) in [5, 5.41) is 0. The van der Waals surface area contributed by atoms with Crippen LogP contribution < -0.4 is 0 Å². The van der Waals surface area contributed by atoms with E-state index in [4.69, 9.17) is 19.3 Å². The second-order valence-electron chi connectivity index (χ2n) is 11.1. The Morgan fingerprint density at radius 3 is 1.54 bits per heavy atom. The number of phosphoric ester groups is 1. The summed E-state index contributed by atoms with van der Waals surface area (Å²) in [4.78, 5) is 42.3. The van der Waals surface area contributed by atoms with Crippen molar-refractivity contribution in [3.05, 3.63) is 12.2 Å². The van der Waals surface area contributed by atoms with Gasteiger partial charge in [-0.1, -0.05) is 122 Å². The normalized spacial score (nSPS) is 12.6. The van der Waals surface area contributed by atoms with Crippen molar-refractivity contribution in [1.29, 1.82) is 0 Å². The van der Waals surface area contributed by atoms with Gasteiger partial charge < -0.3 is 19.3 Å². The van der Waals surface area contributed by atoms with E-state index in [1.807, 2.05) is 0 Å². The molecule has 2 N–H and O–H groups in total. The lowest BCUT2D eigenvalue weighted by molar-refractivity contribution is -0.161. The molecule has 0 aromatic carbocycles. The van der Waals surface area contributed by atoms with E-state index in [2.05, 4.69) is 30.5 Å². The molecule has 0 radical (unpaired) electrons. The molecule has 0 rings (SSSR count). The quantitative estimate of drug-likeness (QED) is 0.0360. The first-order chi connectivity index (χ1) is 19.8. The van der Waals surface area contributed by atoms with E-state index in [0.717, 1.165) is 38.5 Å². The third-order valence-corrected chi connectivity index (χ3v) is 7.52. The summed E-state index contributed by atoms with van der Waals surface area (Å²) in [5.41, 5.74) is 0. The van der Waals surface area contributed by atoms with Crippen LogP contribution in [-0.4, -0.2) is 41.0 Å². The molecule has 0 aliphatic heterocycles. The molecule has 0 saturated heterocycles. The van der Waals surface area contributed by atoms with Crippen molar-refractivity contribution in [3.63, 3.8) is 0 Å². The fourth-order valence-corrected chi connectivity index (χ4v) is 4.90. The van der Waals surface area contributed by atoms with Crippen molar-refractivity contribution in [3.8, 4) is 0 Å². The molecule has 1 atom stereocenters. The van der Waals surface area contributed by atoms with Crippen LogP contribution >= 0.6 is 7.82 Å². The maximum absolute atomic E-state index is 12.3. The van der Waals surface area contributed by atoms with Crippen LogP contribution in [0.15, 0.2) is 12.2 Å². The van der Waals surface area contributed by atoms with E-state index < -0.39 is 32.5 Å². The molecule has 0 bridgehead atoms. The highest BCUT2D eigenvalue weighted by molar-refractivity contribution is 7.46. The molecular formula is C32H61O8P. The van der Waals surface area contributed by atoms with E-state index >= 15 is 0 Å². The second-order valence-corrected chi connectivity index (χ2v) is 12.4. The first-order valence-corrected chi connectivity index (χ1v) is 18.0. The number of phosphoric acid groups is 1. The smallest absolute Gasteiger partial charge is 0.462 e. The van der Waals surface area contributed by atoms with E-state index in [1.165, 1.54) is 89.9 Å². The zero-order valence-electron chi connectivity index (χ0n) is 26.2. The Morgan fingerprint density at radius 1 is 0.610 bits per heavy atom. The number of hydrogen-bond acceptors (Lipinski definition) is 6. The standard InChI is InChI=1S/C32H61O8P/c1-3-5-7-9-11-13-14-15-16-17-18-19-21-23-25-27-32(34)40-30(29-39-41(35,36)37)28-38-31(33)26-24-22-20-12-10-8-6-4-2/h18-19,30H,3-17,20-29H2,1-2H3,(H2,35,36,37)/b19-18+/t30-/m1/s1. The third-order valence-electron chi connectivity index (χ3n) is 7.03. The number of unbranched alkanes of at least 4 members (excludes halogenated alkanes) is 18. The highest BCUT2D eigenvalue weighted by Gasteiger charge is 2.22. The molecule has 0 saturated carbocycles. The van der Waals surface area contributed by atoms with Gasteiger partial charge in [0.1, 0.15) is 6.61 Å². The number of rotatable bonds is 30. The lowest BCUT2D eigenvalue weighted by Gasteiger charge is -2.18. The minimum Gasteiger partial charge on any atom is -0.462 e. The van der Waals surface area contributed by atoms with Gasteiger partial charge in [-0.05, 0) is 38.5 Å². The van der Waals surface area contributed by atoms with Crippen LogP contribution in [0, 0.1) is 0 Å². The van der Waals surface area contributed by atoms with Crippen LogP contribution in [0.1, 0.15) is 162 Å². The number of esters is 2. The summed E-state index contributed by atoms with van der Waals surface area (Å²) in [6.07, 6.45) is 28.1. The van der Waals surface area contributed by atoms with Gasteiger partial charge in [-0.3, -0.25) is 14.1 Å². The van der Waals surface area contributed by atoms with Gasteiger partial charge in [-0.2, -0.15) is 0 Å². The zero-order chi connectivity index (χ0) is 30.4. The van der Waals surface area contributed by atoms with E-state index in [0.29, 0.717) is 6.42 Å². The average molecular weight is 605 g/mol. The van der Waals surface area contributed by atoms with E-state index in [9.17, 15) is 14.2 Å². The maximum Gasteiger partial charge on any atom is 0.469 e. The molecule has 8 nitrogen and oxygen atoms in total. The van der Waals surface area contributed by atoms with Crippen molar-refractivity contribution in [2.75, 3.05) is 13.2 Å². The molecule has 0 aromatic rings. The summed E-state index contributed by atoms with van der Waals surface area (Å²) in [6.45, 7) is 3.61. The van der Waals surface area contributed by atoms with E-state index in [1.54, 1.807) is 0 Å². The van der Waals surface area contributed by atoms with Gasteiger partial charge in [0.25, 0.3) is 0 Å². The molecule has 0 fully saturated rings. The molecule has 0 amide bonds. The zero-order valence-corrected chi connectivity index (χ0v) is 27.1. The largest absolute Gasteiger partial charge is 0.469 e. The van der Waals surface area contributed by atoms with Crippen LogP contribution in [0.3, 0.4) is 0 Å². The number of carbonyl (C=O) groups excluding carboxylic acids is 2. The van der Waals surface area contributed by atoms with Gasteiger partial charge in [-0.25, -0.2) is 4.57 Å². The van der Waals surface area contributed by atoms with Gasteiger partial charge >= 0.3 is 19.8 Å². The Morgan fingerprint density at radius 2 is 1.02 bits per heavy atom. The van der Waals surface area contributed by atoms with Gasteiger partial charge in [0.05, 0.1) is 6.61 Å². The van der Waals surface area contributed by atoms with Crippen LogP contribution in [-0.2, 0) is 28.2 Å². The number of ether oxygens (including phenoxy) is 2. The van der Waals surface area contributed by atoms with Gasteiger partial charge in [0.15, 0.2) is 6.10 Å². The van der Waals surface area contributed by atoms with Crippen LogP contribution in [0.4, 0.5) is 0 Å². The van der Waals surface area contributed by atoms with E-state index in [-0.39, 0.29) is 19.4 Å². The molecule has 41 heavy (non-hydrogen) atoms. The molecule has 0 aliphatic carbocycles. The van der Waals surface area contributed by atoms with Gasteiger partial charge in [0, 0.05) is 12.8 Å². The predicted molar refractivity (Wildman–Crippen MR) is 166 cm³/mol. The first-order valence-electron chi connectivity index (χ1n) is 16.5. The molecule has 0 aromatic heterocycles. The van der Waals surface area contributed by atoms with Gasteiger partial charge in [-0.15, -0.1) is 0 Å². The average Bonchev–Trinajstić information content (AvgIpc) is 2.93. The highest BCUT2D eigenvalue weighted by Crippen LogP contribution is 2.35. The second kappa shape index (κ2) is 28.9. The minimum atomic E-state index is -4.74. The predicted octanol–water partition coefficient (Wildman–Crippen LogP) is 9.12. The fraction of sp³-hybridized carbons (Fsp3) is 0.875. The lowest BCUT2D eigenvalue weighted by atomic mass is 10.1. The van der Waals surface area contributed by atoms with Crippen LogP contribution in [0.2, 0.25) is 0 Å². The molecule has 0 unspecified atom stereocenters. The van der Waals surface area contributed by atoms with Crippen LogP contribution in [0.5, 0.6) is 0 Å². The summed E-state index contributed by atoms with van der Waals surface area (Å²) >= 11 is 0. The van der Waals surface area contributed by atoms with Crippen molar-refractivity contribution in [1.82, 2.24) is 0 Å². The summed E-state index contributed by atoms with van der Waals surface area (Å²) in [6, 6.07) is 0. The Kier molecular flexibility index (Phi) is 28.0. The molecular weight excluding hydrogens is 543 g/mol. The number of carbonyl (C=O) groups is 2. The highest BCUT2D eigenvalue weighted by atomic mass is 31.2. The summed E-state index contributed by atoms with van der Waals surface area (Å²) < 4.78 is 26.1. The van der Waals surface area contributed by atoms with Crippen molar-refractivity contribution >= 4 is 19.8 Å². The van der Waals surface area contributed by atoms with Crippen LogP contribution in [0.25, 0.3) is 0 Å². The first kappa shape index (κ1) is 39.8. The topological polar surface area (TPSA) is 119 Å². The Bertz CT molecular complexity index is 691. The summed E-state index contributed by atoms with van der Waals surface area (Å²) in [5.74, 6) is -0.912. The number of allylic oxidation sites excluding steroid dienone is 2. The fourth-order valence-electron chi connectivity index (χ4n) is 4.54. The van der Waals surface area contributed by atoms with Crippen molar-refractivity contribution in [2.24, 2.45) is 0 Å². The molecule has 242 valence electrons. The van der Waals surface area contributed by atoms with Crippen molar-refractivity contribution in [2.45, 2.75) is 168 Å². The Hall–Kier alpha value is -1.21. The van der Waals surface area contributed by atoms with Crippen molar-refractivity contribution < 1.29 is 37.9 Å². The number of hydrogen-bond donors (Lipinski definition) is 2. The Labute approximate surface area is 250 Å². The molecule has 0 spiro atoms. The molecule has 0 heterocycles.